The maximum absolute atomic E-state index is 12.8. The number of thiophene rings is 1. The van der Waals surface area contributed by atoms with Gasteiger partial charge in [0.2, 0.25) is 0 Å². The average Bonchev–Trinajstić information content (AvgIpc) is 3.12. The lowest BCUT2D eigenvalue weighted by atomic mass is 10.1. The van der Waals surface area contributed by atoms with Gasteiger partial charge in [0.1, 0.15) is 0 Å². The molecule has 1 saturated carbocycles. The molecule has 2 aromatic rings. The lowest BCUT2D eigenvalue weighted by Gasteiger charge is -2.23. The van der Waals surface area contributed by atoms with Crippen molar-refractivity contribution < 1.29 is 4.79 Å². The maximum Gasteiger partial charge on any atom is 0.254 e. The number of aryl methyl sites for hydroxylation is 1. The first-order valence-corrected chi connectivity index (χ1v) is 7.72. The van der Waals surface area contributed by atoms with Crippen LogP contribution in [0.4, 0.5) is 5.69 Å². The molecule has 0 spiro atoms. The predicted octanol–water partition coefficient (Wildman–Crippen LogP) is 3.44. The fourth-order valence-corrected chi connectivity index (χ4v) is 3.11. The highest BCUT2D eigenvalue weighted by molar-refractivity contribution is 7.09. The van der Waals surface area contributed by atoms with Crippen LogP contribution >= 0.6 is 11.3 Å². The van der Waals surface area contributed by atoms with E-state index in [4.69, 9.17) is 5.73 Å². The molecule has 1 heterocycles. The molecule has 1 aromatic heterocycles. The number of carbonyl (C=O) groups excluding carboxylic acids is 1. The van der Waals surface area contributed by atoms with Crippen molar-refractivity contribution in [2.24, 2.45) is 0 Å². The van der Waals surface area contributed by atoms with E-state index in [1.807, 2.05) is 30.0 Å². The van der Waals surface area contributed by atoms with Crippen LogP contribution in [0.3, 0.4) is 0 Å². The van der Waals surface area contributed by atoms with Crippen LogP contribution in [0.1, 0.15) is 33.6 Å². The molecule has 2 N–H and O–H groups in total. The zero-order valence-corrected chi connectivity index (χ0v) is 12.3. The first kappa shape index (κ1) is 13.2. The molecule has 1 aliphatic carbocycles. The Labute approximate surface area is 123 Å². The van der Waals surface area contributed by atoms with Gasteiger partial charge in [-0.1, -0.05) is 6.07 Å². The highest BCUT2D eigenvalue weighted by Gasteiger charge is 2.33. The number of amides is 1. The van der Waals surface area contributed by atoms with Gasteiger partial charge in [-0.3, -0.25) is 4.79 Å². The SMILES string of the molecule is Cc1cc(N)ccc1C(=O)N(Cc1cccs1)C1CC1. The standard InChI is InChI=1S/C16H18N2OS/c1-11-9-12(17)4-7-15(11)16(19)18(13-5-6-13)10-14-3-2-8-20-14/h2-4,7-9,13H,5-6,10,17H2,1H3. The van der Waals surface area contributed by atoms with Crippen LogP contribution < -0.4 is 5.73 Å². The molecule has 1 fully saturated rings. The zero-order chi connectivity index (χ0) is 14.1. The molecular weight excluding hydrogens is 268 g/mol. The second-order valence-electron chi connectivity index (χ2n) is 5.32. The van der Waals surface area contributed by atoms with Crippen LogP contribution in [0.25, 0.3) is 0 Å². The molecule has 1 aromatic carbocycles. The summed E-state index contributed by atoms with van der Waals surface area (Å²) in [6.45, 7) is 2.66. The number of carbonyl (C=O) groups is 1. The summed E-state index contributed by atoms with van der Waals surface area (Å²) in [6, 6.07) is 10.0. The molecule has 0 radical (unpaired) electrons. The molecule has 0 unspecified atom stereocenters. The molecule has 1 amide bonds. The number of hydrogen-bond donors (Lipinski definition) is 1. The van der Waals surface area contributed by atoms with Crippen LogP contribution in [-0.4, -0.2) is 16.8 Å². The Bertz CT molecular complexity index is 617. The summed E-state index contributed by atoms with van der Waals surface area (Å²) in [4.78, 5) is 16.0. The normalized spacial score (nSPS) is 14.2. The van der Waals surface area contributed by atoms with Crippen LogP contribution in [0.5, 0.6) is 0 Å². The molecule has 0 bridgehead atoms. The maximum atomic E-state index is 12.8. The number of benzene rings is 1. The molecule has 20 heavy (non-hydrogen) atoms. The molecule has 4 heteroatoms. The summed E-state index contributed by atoms with van der Waals surface area (Å²) >= 11 is 1.70. The summed E-state index contributed by atoms with van der Waals surface area (Å²) in [7, 11) is 0. The highest BCUT2D eigenvalue weighted by Crippen LogP contribution is 2.31. The van der Waals surface area contributed by atoms with E-state index in [1.54, 1.807) is 17.4 Å². The Hall–Kier alpha value is -1.81. The van der Waals surface area contributed by atoms with Gasteiger partial charge in [-0.25, -0.2) is 0 Å². The minimum Gasteiger partial charge on any atom is -0.399 e. The topological polar surface area (TPSA) is 46.3 Å². The molecule has 3 nitrogen and oxygen atoms in total. The van der Waals surface area contributed by atoms with Gasteiger partial charge in [-0.05, 0) is 55.0 Å². The summed E-state index contributed by atoms with van der Waals surface area (Å²) < 4.78 is 0. The lowest BCUT2D eigenvalue weighted by molar-refractivity contribution is 0.0731. The van der Waals surface area contributed by atoms with Crippen molar-refractivity contribution in [1.29, 1.82) is 0 Å². The van der Waals surface area contributed by atoms with Gasteiger partial charge in [-0.2, -0.15) is 0 Å². The van der Waals surface area contributed by atoms with Crippen LogP contribution in [0.2, 0.25) is 0 Å². The molecule has 1 aliphatic rings. The number of nitrogen functional groups attached to an aromatic ring is 1. The Morgan fingerprint density at radius 3 is 2.80 bits per heavy atom. The Morgan fingerprint density at radius 2 is 2.20 bits per heavy atom. The molecule has 0 atom stereocenters. The van der Waals surface area contributed by atoms with Crippen molar-refractivity contribution in [3.05, 3.63) is 51.7 Å². The van der Waals surface area contributed by atoms with Crippen LogP contribution in [0.15, 0.2) is 35.7 Å². The van der Waals surface area contributed by atoms with Crippen molar-refractivity contribution >= 4 is 22.9 Å². The second-order valence-corrected chi connectivity index (χ2v) is 6.35. The van der Waals surface area contributed by atoms with E-state index >= 15 is 0 Å². The highest BCUT2D eigenvalue weighted by atomic mass is 32.1. The van der Waals surface area contributed by atoms with Gasteiger partial charge >= 0.3 is 0 Å². The minimum atomic E-state index is 0.124. The number of hydrogen-bond acceptors (Lipinski definition) is 3. The van der Waals surface area contributed by atoms with Crippen molar-refractivity contribution in [2.45, 2.75) is 32.4 Å². The van der Waals surface area contributed by atoms with Gasteiger partial charge in [-0.15, -0.1) is 11.3 Å². The number of rotatable bonds is 4. The molecule has 0 saturated heterocycles. The first-order chi connectivity index (χ1) is 9.65. The summed E-state index contributed by atoms with van der Waals surface area (Å²) in [5.74, 6) is 0.124. The fourth-order valence-electron chi connectivity index (χ4n) is 2.40. The lowest BCUT2D eigenvalue weighted by Crippen LogP contribution is -2.32. The number of nitrogens with zero attached hydrogens (tertiary/aromatic N) is 1. The summed E-state index contributed by atoms with van der Waals surface area (Å²) in [6.07, 6.45) is 2.23. The van der Waals surface area contributed by atoms with Gasteiger partial charge in [0.05, 0.1) is 6.54 Å². The van der Waals surface area contributed by atoms with E-state index in [2.05, 4.69) is 11.4 Å². The number of anilines is 1. The van der Waals surface area contributed by atoms with Crippen LogP contribution in [0, 0.1) is 6.92 Å². The zero-order valence-electron chi connectivity index (χ0n) is 11.5. The summed E-state index contributed by atoms with van der Waals surface area (Å²) in [5, 5.41) is 2.05. The van der Waals surface area contributed by atoms with Crippen molar-refractivity contribution in [1.82, 2.24) is 4.90 Å². The first-order valence-electron chi connectivity index (χ1n) is 6.84. The quantitative estimate of drug-likeness (QED) is 0.875. The Balaban J connectivity index is 1.85. The van der Waals surface area contributed by atoms with Crippen molar-refractivity contribution in [3.8, 4) is 0 Å². The monoisotopic (exact) mass is 286 g/mol. The van der Waals surface area contributed by atoms with Gasteiger partial charge in [0.25, 0.3) is 5.91 Å². The number of nitrogens with two attached hydrogens (primary N) is 1. The van der Waals surface area contributed by atoms with E-state index in [1.165, 1.54) is 4.88 Å². The van der Waals surface area contributed by atoms with Crippen molar-refractivity contribution in [2.75, 3.05) is 5.73 Å². The molecule has 104 valence electrons. The third kappa shape index (κ3) is 2.70. The Morgan fingerprint density at radius 1 is 1.40 bits per heavy atom. The fraction of sp³-hybridized carbons (Fsp3) is 0.312. The predicted molar refractivity (Wildman–Crippen MR) is 82.8 cm³/mol. The average molecular weight is 286 g/mol. The smallest absolute Gasteiger partial charge is 0.254 e. The third-order valence-corrected chi connectivity index (χ3v) is 4.50. The second kappa shape index (κ2) is 5.29. The third-order valence-electron chi connectivity index (χ3n) is 3.64. The van der Waals surface area contributed by atoms with Gasteiger partial charge < -0.3 is 10.6 Å². The van der Waals surface area contributed by atoms with E-state index in [0.717, 1.165) is 24.0 Å². The van der Waals surface area contributed by atoms with Gasteiger partial charge in [0, 0.05) is 22.2 Å². The largest absolute Gasteiger partial charge is 0.399 e. The summed E-state index contributed by atoms with van der Waals surface area (Å²) in [5.41, 5.74) is 8.18. The Kier molecular flexibility index (Phi) is 3.49. The van der Waals surface area contributed by atoms with E-state index in [0.29, 0.717) is 18.3 Å². The van der Waals surface area contributed by atoms with E-state index in [9.17, 15) is 4.79 Å². The molecule has 0 aliphatic heterocycles. The van der Waals surface area contributed by atoms with Crippen LogP contribution in [-0.2, 0) is 6.54 Å². The van der Waals surface area contributed by atoms with Gasteiger partial charge in [0.15, 0.2) is 0 Å². The molecular formula is C16H18N2OS. The van der Waals surface area contributed by atoms with E-state index < -0.39 is 0 Å². The molecule has 3 rings (SSSR count). The van der Waals surface area contributed by atoms with E-state index in [-0.39, 0.29) is 5.91 Å². The minimum absolute atomic E-state index is 0.124. The van der Waals surface area contributed by atoms with Crippen molar-refractivity contribution in [3.63, 3.8) is 0 Å².